The van der Waals surface area contributed by atoms with Crippen LogP contribution in [-0.2, 0) is 21.2 Å². The van der Waals surface area contributed by atoms with Gasteiger partial charge in [-0.15, -0.1) is 0 Å². The Hall–Kier alpha value is -2.75. The van der Waals surface area contributed by atoms with E-state index in [9.17, 15) is 18.3 Å². The lowest BCUT2D eigenvalue weighted by molar-refractivity contribution is -0.130. The van der Waals surface area contributed by atoms with Crippen molar-refractivity contribution in [1.29, 1.82) is 0 Å². The number of aliphatic hydroxyl groups is 1. The Morgan fingerprint density at radius 2 is 2.12 bits per heavy atom. The molecule has 1 aliphatic heterocycles. The highest BCUT2D eigenvalue weighted by Gasteiger charge is 2.38. The predicted octanol–water partition coefficient (Wildman–Crippen LogP) is 2.58. The maximum absolute atomic E-state index is 13.5. The summed E-state index contributed by atoms with van der Waals surface area (Å²) in [6, 6.07) is 9.82. The van der Waals surface area contributed by atoms with E-state index in [1.165, 1.54) is 4.31 Å². The summed E-state index contributed by atoms with van der Waals surface area (Å²) in [5, 5.41) is 9.75. The molecule has 0 fully saturated rings. The summed E-state index contributed by atoms with van der Waals surface area (Å²) < 4.78 is 34.6. The van der Waals surface area contributed by atoms with Gasteiger partial charge in [-0.2, -0.15) is 4.31 Å². The standard InChI is InChI=1S/C25H33N3O5S/c1-5-8-20-10-11-24-22(13-20)33-23(18(2)15-28(19(3)17-29)34(24,31)32)16-27(4)25(30)14-21-9-6-7-12-26-21/h5-13,18-19,23,29H,14-17H2,1-4H3/b8-5+/t18-,19+,23+/m1/s1. The second-order valence-electron chi connectivity index (χ2n) is 8.72. The van der Waals surface area contributed by atoms with Gasteiger partial charge in [0.1, 0.15) is 16.7 Å². The Morgan fingerprint density at radius 1 is 1.35 bits per heavy atom. The molecular formula is C25H33N3O5S. The smallest absolute Gasteiger partial charge is 0.247 e. The molecule has 1 amide bonds. The number of rotatable bonds is 7. The van der Waals surface area contributed by atoms with Crippen molar-refractivity contribution >= 4 is 22.0 Å². The maximum atomic E-state index is 13.5. The number of benzene rings is 1. The lowest BCUT2D eigenvalue weighted by Crippen LogP contribution is -2.50. The number of likely N-dealkylation sites (N-methyl/N-ethyl adjacent to an activating group) is 1. The molecule has 1 aromatic heterocycles. The van der Waals surface area contributed by atoms with Crippen molar-refractivity contribution in [3.63, 3.8) is 0 Å². The number of allylic oxidation sites excluding steroid dienone is 1. The molecule has 2 aromatic rings. The Bertz CT molecular complexity index is 1120. The molecule has 0 saturated heterocycles. The number of carbonyl (C=O) groups excluding carboxylic acids is 1. The van der Waals surface area contributed by atoms with Crippen LogP contribution in [0.4, 0.5) is 0 Å². The van der Waals surface area contributed by atoms with E-state index in [1.807, 2.05) is 32.1 Å². The minimum Gasteiger partial charge on any atom is -0.487 e. The summed E-state index contributed by atoms with van der Waals surface area (Å²) in [5.41, 5.74) is 1.49. The number of nitrogens with zero attached hydrogens (tertiary/aromatic N) is 3. The molecule has 0 unspecified atom stereocenters. The monoisotopic (exact) mass is 487 g/mol. The van der Waals surface area contributed by atoms with E-state index >= 15 is 0 Å². The van der Waals surface area contributed by atoms with Crippen LogP contribution in [0.15, 0.2) is 53.6 Å². The molecule has 1 aromatic carbocycles. The Kier molecular flexibility index (Phi) is 8.46. The molecule has 3 rings (SSSR count). The van der Waals surface area contributed by atoms with E-state index < -0.39 is 22.2 Å². The van der Waals surface area contributed by atoms with Gasteiger partial charge in [-0.25, -0.2) is 8.42 Å². The Morgan fingerprint density at radius 3 is 2.76 bits per heavy atom. The number of carbonyl (C=O) groups is 1. The van der Waals surface area contributed by atoms with Gasteiger partial charge in [0, 0.05) is 37.4 Å². The van der Waals surface area contributed by atoms with Crippen molar-refractivity contribution in [1.82, 2.24) is 14.2 Å². The molecule has 0 aliphatic carbocycles. The van der Waals surface area contributed by atoms with Crippen molar-refractivity contribution in [3.05, 3.63) is 59.9 Å². The number of sulfonamides is 1. The SMILES string of the molecule is C/C=C/c1ccc2c(c1)O[C@@H](CN(C)C(=O)Cc1ccccn1)[C@H](C)CN([C@@H](C)CO)S2(=O)=O. The molecular weight excluding hydrogens is 454 g/mol. The van der Waals surface area contributed by atoms with E-state index in [0.717, 1.165) is 5.56 Å². The fourth-order valence-corrected chi connectivity index (χ4v) is 5.75. The predicted molar refractivity (Wildman–Crippen MR) is 131 cm³/mol. The van der Waals surface area contributed by atoms with E-state index in [-0.39, 0.29) is 48.6 Å². The second-order valence-corrected chi connectivity index (χ2v) is 10.6. The average Bonchev–Trinajstić information content (AvgIpc) is 2.81. The molecule has 0 spiro atoms. The summed E-state index contributed by atoms with van der Waals surface area (Å²) in [6.45, 7) is 5.60. The van der Waals surface area contributed by atoms with Crippen LogP contribution in [-0.4, -0.2) is 72.5 Å². The third kappa shape index (κ3) is 5.84. The molecule has 184 valence electrons. The van der Waals surface area contributed by atoms with Crippen molar-refractivity contribution in [2.45, 2.75) is 44.2 Å². The van der Waals surface area contributed by atoms with Crippen LogP contribution in [0.2, 0.25) is 0 Å². The largest absolute Gasteiger partial charge is 0.487 e. The average molecular weight is 488 g/mol. The lowest BCUT2D eigenvalue weighted by Gasteiger charge is -2.37. The molecule has 34 heavy (non-hydrogen) atoms. The van der Waals surface area contributed by atoms with E-state index in [0.29, 0.717) is 5.69 Å². The van der Waals surface area contributed by atoms with Crippen molar-refractivity contribution in [2.24, 2.45) is 5.92 Å². The van der Waals surface area contributed by atoms with Crippen molar-refractivity contribution < 1.29 is 23.1 Å². The number of hydrogen-bond acceptors (Lipinski definition) is 6. The van der Waals surface area contributed by atoms with Gasteiger partial charge in [-0.1, -0.05) is 31.2 Å². The molecule has 0 saturated carbocycles. The first kappa shape index (κ1) is 25.9. The third-order valence-electron chi connectivity index (χ3n) is 5.99. The highest BCUT2D eigenvalue weighted by molar-refractivity contribution is 7.89. The minimum atomic E-state index is -3.89. The third-order valence-corrected chi connectivity index (χ3v) is 8.01. The number of aromatic nitrogens is 1. The van der Waals surface area contributed by atoms with E-state index in [2.05, 4.69) is 4.98 Å². The zero-order valence-corrected chi connectivity index (χ0v) is 20.9. The fraction of sp³-hybridized carbons (Fsp3) is 0.440. The van der Waals surface area contributed by atoms with Gasteiger partial charge in [-0.3, -0.25) is 9.78 Å². The van der Waals surface area contributed by atoms with Crippen LogP contribution in [0.3, 0.4) is 0 Å². The number of aliphatic hydroxyl groups excluding tert-OH is 1. The summed E-state index contributed by atoms with van der Waals surface area (Å²) in [7, 11) is -2.18. The molecule has 2 heterocycles. The van der Waals surface area contributed by atoms with Crippen LogP contribution in [0.1, 0.15) is 32.0 Å². The van der Waals surface area contributed by atoms with Crippen molar-refractivity contribution in [2.75, 3.05) is 26.7 Å². The summed E-state index contributed by atoms with van der Waals surface area (Å²) in [5.74, 6) is -0.104. The van der Waals surface area contributed by atoms with Gasteiger partial charge >= 0.3 is 0 Å². The van der Waals surface area contributed by atoms with Gasteiger partial charge < -0.3 is 14.7 Å². The maximum Gasteiger partial charge on any atom is 0.247 e. The zero-order chi connectivity index (χ0) is 24.9. The zero-order valence-electron chi connectivity index (χ0n) is 20.1. The first-order valence-electron chi connectivity index (χ1n) is 11.4. The summed E-state index contributed by atoms with van der Waals surface area (Å²) >= 11 is 0. The highest BCUT2D eigenvalue weighted by Crippen LogP contribution is 2.34. The van der Waals surface area contributed by atoms with Crippen LogP contribution in [0.5, 0.6) is 5.75 Å². The van der Waals surface area contributed by atoms with Gasteiger partial charge in [-0.05, 0) is 43.7 Å². The van der Waals surface area contributed by atoms with Crippen molar-refractivity contribution in [3.8, 4) is 5.75 Å². The van der Waals surface area contributed by atoms with E-state index in [1.54, 1.807) is 55.4 Å². The lowest BCUT2D eigenvalue weighted by atomic mass is 10.0. The van der Waals surface area contributed by atoms with Gasteiger partial charge in [0.25, 0.3) is 0 Å². The Balaban J connectivity index is 1.94. The van der Waals surface area contributed by atoms with Crippen LogP contribution >= 0.6 is 0 Å². The molecule has 1 N–H and O–H groups in total. The number of amides is 1. The molecule has 3 atom stereocenters. The quantitative estimate of drug-likeness (QED) is 0.644. The summed E-state index contributed by atoms with van der Waals surface area (Å²) in [4.78, 5) is 18.7. The fourth-order valence-electron chi connectivity index (χ4n) is 3.92. The van der Waals surface area contributed by atoms with Crippen LogP contribution in [0, 0.1) is 5.92 Å². The molecule has 0 radical (unpaired) electrons. The Labute approximate surface area is 201 Å². The van der Waals surface area contributed by atoms with Gasteiger partial charge in [0.05, 0.1) is 19.6 Å². The summed E-state index contributed by atoms with van der Waals surface area (Å²) in [6.07, 6.45) is 5.09. The molecule has 0 bridgehead atoms. The molecule has 1 aliphatic rings. The van der Waals surface area contributed by atoms with Crippen LogP contribution < -0.4 is 4.74 Å². The molecule has 8 nitrogen and oxygen atoms in total. The van der Waals surface area contributed by atoms with Gasteiger partial charge in [0.2, 0.25) is 15.9 Å². The second kappa shape index (κ2) is 11.1. The van der Waals surface area contributed by atoms with Crippen LogP contribution in [0.25, 0.3) is 6.08 Å². The topological polar surface area (TPSA) is 100 Å². The van der Waals surface area contributed by atoms with E-state index in [4.69, 9.17) is 4.74 Å². The highest BCUT2D eigenvalue weighted by atomic mass is 32.2. The number of pyridine rings is 1. The first-order valence-corrected chi connectivity index (χ1v) is 12.8. The minimum absolute atomic E-state index is 0.0559. The molecule has 9 heteroatoms. The first-order chi connectivity index (χ1) is 16.2. The number of fused-ring (bicyclic) bond motifs is 1. The number of ether oxygens (including phenoxy) is 1. The number of hydrogen-bond donors (Lipinski definition) is 1. The van der Waals surface area contributed by atoms with Gasteiger partial charge in [0.15, 0.2) is 0 Å². The normalized spacial score (nSPS) is 21.2.